The molecule has 8 nitrogen and oxygen atoms in total. The maximum atomic E-state index is 11.7. The highest BCUT2D eigenvalue weighted by atomic mass is 79.9. The van der Waals surface area contributed by atoms with Gasteiger partial charge in [0.2, 0.25) is 5.91 Å². The summed E-state index contributed by atoms with van der Waals surface area (Å²) in [5, 5.41) is 27.3. The summed E-state index contributed by atoms with van der Waals surface area (Å²) >= 11 is 4.43. The quantitative estimate of drug-likeness (QED) is 0.337. The van der Waals surface area contributed by atoms with Crippen LogP contribution in [-0.4, -0.2) is 40.2 Å². The van der Waals surface area contributed by atoms with Crippen LogP contribution in [0.5, 0.6) is 5.75 Å². The van der Waals surface area contributed by atoms with Gasteiger partial charge in [-0.05, 0) is 31.0 Å². The maximum absolute atomic E-state index is 11.7. The number of nitrogens with zero attached hydrogens (tertiary/aromatic N) is 3. The van der Waals surface area contributed by atoms with E-state index in [4.69, 9.17) is 15.1 Å². The van der Waals surface area contributed by atoms with Crippen molar-refractivity contribution in [3.8, 4) is 11.8 Å². The molecule has 1 fully saturated rings. The Hall–Kier alpha value is -2.38. The number of hydrogen-bond donors (Lipinski definition) is 2. The number of thioether (sulfide) groups is 1. The Morgan fingerprint density at radius 1 is 1.48 bits per heavy atom. The lowest BCUT2D eigenvalue weighted by Crippen LogP contribution is -2.26. The molecular weight excluding hydrogens is 436 g/mol. The molecule has 1 aliphatic rings. The van der Waals surface area contributed by atoms with E-state index in [0.717, 1.165) is 29.1 Å². The second kappa shape index (κ2) is 10.7. The molecule has 1 aliphatic heterocycles. The average Bonchev–Trinajstić information content (AvgIpc) is 2.95. The first-order valence-corrected chi connectivity index (χ1v) is 9.76. The Bertz CT molecular complexity index is 807. The van der Waals surface area contributed by atoms with E-state index < -0.39 is 11.2 Å². The third-order valence-electron chi connectivity index (χ3n) is 3.39. The minimum absolute atomic E-state index is 0.261. The number of carboxylic acids is 1. The van der Waals surface area contributed by atoms with E-state index in [2.05, 4.69) is 37.5 Å². The Labute approximate surface area is 168 Å². The Balaban J connectivity index is 1.99. The predicted octanol–water partition coefficient (Wildman–Crippen LogP) is 2.92. The molecule has 1 heterocycles. The van der Waals surface area contributed by atoms with E-state index in [0.29, 0.717) is 24.3 Å². The van der Waals surface area contributed by atoms with Crippen LogP contribution in [0.3, 0.4) is 0 Å². The molecule has 0 radical (unpaired) electrons. The van der Waals surface area contributed by atoms with Gasteiger partial charge in [-0.25, -0.2) is 0 Å². The van der Waals surface area contributed by atoms with E-state index in [1.165, 1.54) is 6.21 Å². The van der Waals surface area contributed by atoms with Gasteiger partial charge >= 0.3 is 5.97 Å². The van der Waals surface area contributed by atoms with E-state index in [1.807, 2.05) is 12.1 Å². The number of nitrogens with one attached hydrogen (secondary N) is 1. The predicted molar refractivity (Wildman–Crippen MR) is 106 cm³/mol. The largest absolute Gasteiger partial charge is 0.493 e. The standard InChI is InChI=1S/C17H17BrN4O4S/c18-12-4-5-13(26-7-3-1-2-6-19)11(8-12)10-20-22-17-21-16(25)14(27-17)9-15(23)24/h4-5,8,10,14H,1-3,7,9H2,(H,23,24)(H,21,22,25). The van der Waals surface area contributed by atoms with Gasteiger partial charge in [-0.1, -0.05) is 27.7 Å². The molecule has 0 saturated carbocycles. The molecule has 142 valence electrons. The first-order chi connectivity index (χ1) is 13.0. The molecule has 0 aliphatic carbocycles. The van der Waals surface area contributed by atoms with E-state index in [9.17, 15) is 9.59 Å². The molecule has 2 N–H and O–H groups in total. The van der Waals surface area contributed by atoms with Crippen LogP contribution in [0.4, 0.5) is 0 Å². The molecule has 2 rings (SSSR count). The number of amides is 1. The van der Waals surface area contributed by atoms with Gasteiger partial charge in [0.25, 0.3) is 0 Å². The normalized spacial score (nSPS) is 17.9. The van der Waals surface area contributed by atoms with Crippen molar-refractivity contribution in [1.82, 2.24) is 5.32 Å². The Morgan fingerprint density at radius 3 is 3.04 bits per heavy atom. The molecule has 1 amide bonds. The number of aliphatic carboxylic acids is 1. The molecule has 1 unspecified atom stereocenters. The van der Waals surface area contributed by atoms with Crippen LogP contribution in [0.25, 0.3) is 0 Å². The number of halogens is 1. The van der Waals surface area contributed by atoms with Crippen LogP contribution in [0.15, 0.2) is 32.9 Å². The molecule has 1 aromatic carbocycles. The second-order valence-corrected chi connectivity index (χ2v) is 7.60. The molecule has 1 saturated heterocycles. The summed E-state index contributed by atoms with van der Waals surface area (Å²) in [5.41, 5.74) is 0.699. The van der Waals surface area contributed by atoms with Crippen molar-refractivity contribution < 1.29 is 19.4 Å². The SMILES string of the molecule is N#CCCCCOc1ccc(Br)cc1C=NN=C1NC(=O)C(CC(=O)O)S1. The highest BCUT2D eigenvalue weighted by Crippen LogP contribution is 2.24. The number of carbonyl (C=O) groups is 2. The van der Waals surface area contributed by atoms with Gasteiger partial charge < -0.3 is 15.2 Å². The van der Waals surface area contributed by atoms with Gasteiger partial charge in [-0.15, -0.1) is 5.10 Å². The third-order valence-corrected chi connectivity index (χ3v) is 4.96. The monoisotopic (exact) mass is 452 g/mol. The topological polar surface area (TPSA) is 124 Å². The van der Waals surface area contributed by atoms with Gasteiger partial charge in [0, 0.05) is 16.5 Å². The summed E-state index contributed by atoms with van der Waals surface area (Å²) in [6.07, 6.45) is 3.28. The van der Waals surface area contributed by atoms with Crippen molar-refractivity contribution in [2.24, 2.45) is 10.2 Å². The molecule has 0 bridgehead atoms. The number of benzene rings is 1. The molecule has 0 spiro atoms. The number of carbonyl (C=O) groups excluding carboxylic acids is 1. The van der Waals surface area contributed by atoms with E-state index in [1.54, 1.807) is 6.07 Å². The minimum Gasteiger partial charge on any atom is -0.493 e. The molecule has 10 heteroatoms. The van der Waals surface area contributed by atoms with Gasteiger partial charge in [0.15, 0.2) is 5.17 Å². The van der Waals surface area contributed by atoms with Gasteiger partial charge in [0.1, 0.15) is 11.0 Å². The van der Waals surface area contributed by atoms with Gasteiger partial charge in [-0.2, -0.15) is 10.4 Å². The Kier molecular flexibility index (Phi) is 8.29. The number of amidine groups is 1. The lowest BCUT2D eigenvalue weighted by atomic mass is 10.2. The first kappa shape index (κ1) is 20.9. The van der Waals surface area contributed by atoms with Crippen LogP contribution in [0.2, 0.25) is 0 Å². The van der Waals surface area contributed by atoms with Gasteiger partial charge in [0.05, 0.1) is 25.3 Å². The van der Waals surface area contributed by atoms with E-state index >= 15 is 0 Å². The molecule has 27 heavy (non-hydrogen) atoms. The van der Waals surface area contributed by atoms with E-state index in [-0.39, 0.29) is 17.5 Å². The van der Waals surface area contributed by atoms with Gasteiger partial charge in [-0.3, -0.25) is 9.59 Å². The first-order valence-electron chi connectivity index (χ1n) is 8.09. The van der Waals surface area contributed by atoms with Crippen LogP contribution >= 0.6 is 27.7 Å². The summed E-state index contributed by atoms with van der Waals surface area (Å²) in [7, 11) is 0. The van der Waals surface area contributed by atoms with Crippen molar-refractivity contribution in [2.45, 2.75) is 30.9 Å². The molecule has 1 atom stereocenters. The fraction of sp³-hybridized carbons (Fsp3) is 0.353. The minimum atomic E-state index is -1.04. The summed E-state index contributed by atoms with van der Waals surface area (Å²) in [4.78, 5) is 22.4. The zero-order valence-corrected chi connectivity index (χ0v) is 16.6. The maximum Gasteiger partial charge on any atom is 0.305 e. The highest BCUT2D eigenvalue weighted by Gasteiger charge is 2.32. The summed E-state index contributed by atoms with van der Waals surface area (Å²) < 4.78 is 6.57. The number of nitriles is 1. The average molecular weight is 453 g/mol. The number of ether oxygens (including phenoxy) is 1. The summed E-state index contributed by atoms with van der Waals surface area (Å²) in [6.45, 7) is 0.488. The fourth-order valence-corrected chi connectivity index (χ4v) is 3.42. The molecular formula is C17H17BrN4O4S. The zero-order chi connectivity index (χ0) is 19.6. The van der Waals surface area contributed by atoms with Crippen molar-refractivity contribution in [3.05, 3.63) is 28.2 Å². The van der Waals surface area contributed by atoms with Crippen LogP contribution in [0, 0.1) is 11.3 Å². The van der Waals surface area contributed by atoms with Crippen LogP contribution in [-0.2, 0) is 9.59 Å². The van der Waals surface area contributed by atoms with Crippen molar-refractivity contribution >= 4 is 51.0 Å². The number of hydrogen-bond acceptors (Lipinski definition) is 7. The zero-order valence-electron chi connectivity index (χ0n) is 14.2. The lowest BCUT2D eigenvalue weighted by molar-refractivity contribution is -0.138. The van der Waals surface area contributed by atoms with Crippen molar-refractivity contribution in [2.75, 3.05) is 6.61 Å². The number of carboxylic acid groups (broad SMARTS) is 1. The van der Waals surface area contributed by atoms with Crippen LogP contribution < -0.4 is 10.1 Å². The molecule has 1 aromatic rings. The Morgan fingerprint density at radius 2 is 2.30 bits per heavy atom. The fourth-order valence-electron chi connectivity index (χ4n) is 2.13. The number of rotatable bonds is 9. The second-order valence-electron chi connectivity index (χ2n) is 5.49. The summed E-state index contributed by atoms with van der Waals surface area (Å²) in [5.74, 6) is -0.802. The number of unbranched alkanes of at least 4 members (excludes halogenated alkanes) is 2. The lowest BCUT2D eigenvalue weighted by Gasteiger charge is -2.08. The molecule has 0 aromatic heterocycles. The summed E-state index contributed by atoms with van der Waals surface area (Å²) in [6, 6.07) is 7.56. The van der Waals surface area contributed by atoms with Crippen molar-refractivity contribution in [1.29, 1.82) is 5.26 Å². The third kappa shape index (κ3) is 7.03. The smallest absolute Gasteiger partial charge is 0.305 e. The van der Waals surface area contributed by atoms with Crippen molar-refractivity contribution in [3.63, 3.8) is 0 Å². The van der Waals surface area contributed by atoms with Crippen LogP contribution in [0.1, 0.15) is 31.2 Å². The highest BCUT2D eigenvalue weighted by molar-refractivity contribution is 9.10.